The van der Waals surface area contributed by atoms with Crippen LogP contribution in [0.4, 0.5) is 5.69 Å². The fourth-order valence-electron chi connectivity index (χ4n) is 2.09. The number of amides is 1. The largest absolute Gasteiger partial charge is 0.395 e. The van der Waals surface area contributed by atoms with Crippen LogP contribution in [0.5, 0.6) is 0 Å². The van der Waals surface area contributed by atoms with Crippen LogP contribution in [-0.2, 0) is 7.05 Å². The molecule has 0 bridgehead atoms. The van der Waals surface area contributed by atoms with E-state index in [2.05, 4.69) is 10.4 Å². The molecule has 0 fully saturated rings. The molecule has 0 aliphatic carbocycles. The maximum Gasteiger partial charge on any atom is 0.272 e. The predicted molar refractivity (Wildman–Crippen MR) is 76.1 cm³/mol. The van der Waals surface area contributed by atoms with Crippen molar-refractivity contribution in [3.8, 4) is 0 Å². The highest BCUT2D eigenvalue weighted by Gasteiger charge is 2.21. The second-order valence-corrected chi connectivity index (χ2v) is 4.59. The first-order chi connectivity index (χ1) is 9.54. The number of anilines is 1. The van der Waals surface area contributed by atoms with Gasteiger partial charge in [0.2, 0.25) is 0 Å². The Labute approximate surface area is 117 Å². The van der Waals surface area contributed by atoms with E-state index >= 15 is 0 Å². The number of benzene rings is 1. The number of hydrogen-bond acceptors (Lipinski definition) is 4. The van der Waals surface area contributed by atoms with E-state index in [9.17, 15) is 9.90 Å². The maximum atomic E-state index is 12.3. The summed E-state index contributed by atoms with van der Waals surface area (Å²) >= 11 is 0. The van der Waals surface area contributed by atoms with Gasteiger partial charge in [-0.25, -0.2) is 0 Å². The van der Waals surface area contributed by atoms with Crippen molar-refractivity contribution in [2.24, 2.45) is 7.05 Å². The molecule has 0 radical (unpaired) electrons. The third kappa shape index (κ3) is 2.65. The van der Waals surface area contributed by atoms with Gasteiger partial charge in [0.15, 0.2) is 0 Å². The topological polar surface area (TPSA) is 93.2 Å². The average Bonchev–Trinajstić information content (AvgIpc) is 2.70. The van der Waals surface area contributed by atoms with Crippen LogP contribution in [0.2, 0.25) is 0 Å². The summed E-state index contributed by atoms with van der Waals surface area (Å²) < 4.78 is 1.44. The molecule has 1 aromatic heterocycles. The Morgan fingerprint density at radius 3 is 2.60 bits per heavy atom. The summed E-state index contributed by atoms with van der Waals surface area (Å²) in [6, 6.07) is 8.80. The number of nitrogen functional groups attached to an aromatic ring is 1. The van der Waals surface area contributed by atoms with Gasteiger partial charge in [0.1, 0.15) is 5.69 Å². The lowest BCUT2D eigenvalue weighted by molar-refractivity contribution is 0.0907. The smallest absolute Gasteiger partial charge is 0.272 e. The van der Waals surface area contributed by atoms with Crippen LogP contribution in [0.1, 0.15) is 27.8 Å². The average molecular weight is 274 g/mol. The molecule has 2 rings (SSSR count). The molecule has 1 atom stereocenters. The molecule has 0 aliphatic heterocycles. The van der Waals surface area contributed by atoms with E-state index in [0.29, 0.717) is 17.1 Å². The fourth-order valence-corrected chi connectivity index (χ4v) is 2.09. The molecule has 0 aliphatic rings. The Bertz CT molecular complexity index is 607. The molecule has 0 spiro atoms. The molecule has 4 N–H and O–H groups in total. The molecule has 0 saturated heterocycles. The third-order valence-corrected chi connectivity index (χ3v) is 3.17. The minimum Gasteiger partial charge on any atom is -0.395 e. The molecular formula is C14H18N4O2. The number of hydrogen-bond donors (Lipinski definition) is 3. The summed E-state index contributed by atoms with van der Waals surface area (Å²) in [6.07, 6.45) is 0. The summed E-state index contributed by atoms with van der Waals surface area (Å²) in [5.41, 5.74) is 7.96. The van der Waals surface area contributed by atoms with Gasteiger partial charge in [0, 0.05) is 7.05 Å². The summed E-state index contributed by atoms with van der Waals surface area (Å²) in [7, 11) is 1.66. The van der Waals surface area contributed by atoms with Crippen molar-refractivity contribution in [3.05, 3.63) is 47.3 Å². The number of nitrogens with two attached hydrogens (primary N) is 1. The van der Waals surface area contributed by atoms with Gasteiger partial charge in [-0.05, 0) is 12.5 Å². The second kappa shape index (κ2) is 5.75. The molecule has 1 amide bonds. The summed E-state index contributed by atoms with van der Waals surface area (Å²) in [5.74, 6) is -0.353. The highest BCUT2D eigenvalue weighted by molar-refractivity contribution is 5.98. The van der Waals surface area contributed by atoms with E-state index in [1.165, 1.54) is 4.68 Å². The van der Waals surface area contributed by atoms with Crippen LogP contribution in [0.25, 0.3) is 0 Å². The molecule has 0 unspecified atom stereocenters. The number of nitrogens with zero attached hydrogens (tertiary/aromatic N) is 2. The van der Waals surface area contributed by atoms with Crippen molar-refractivity contribution in [1.29, 1.82) is 0 Å². The molecule has 6 nitrogen and oxygen atoms in total. The Morgan fingerprint density at radius 2 is 2.10 bits per heavy atom. The molecule has 20 heavy (non-hydrogen) atoms. The first-order valence-electron chi connectivity index (χ1n) is 6.30. The number of nitrogens with one attached hydrogen (secondary N) is 1. The van der Waals surface area contributed by atoms with Gasteiger partial charge in [-0.3, -0.25) is 9.48 Å². The molecule has 2 aromatic rings. The van der Waals surface area contributed by atoms with Crippen LogP contribution in [-0.4, -0.2) is 27.4 Å². The Kier molecular flexibility index (Phi) is 4.05. The third-order valence-electron chi connectivity index (χ3n) is 3.17. The van der Waals surface area contributed by atoms with Gasteiger partial charge in [0.05, 0.1) is 24.0 Å². The first kappa shape index (κ1) is 14.1. The monoisotopic (exact) mass is 274 g/mol. The molecule has 6 heteroatoms. The van der Waals surface area contributed by atoms with Crippen molar-refractivity contribution in [2.75, 3.05) is 12.3 Å². The van der Waals surface area contributed by atoms with E-state index in [4.69, 9.17) is 5.73 Å². The molecule has 1 aromatic carbocycles. The number of carbonyl (C=O) groups is 1. The molecule has 106 valence electrons. The minimum atomic E-state index is -0.474. The lowest BCUT2D eigenvalue weighted by atomic mass is 10.1. The van der Waals surface area contributed by atoms with Crippen LogP contribution >= 0.6 is 0 Å². The van der Waals surface area contributed by atoms with Crippen LogP contribution in [0, 0.1) is 6.92 Å². The lowest BCUT2D eigenvalue weighted by Crippen LogP contribution is -2.32. The summed E-state index contributed by atoms with van der Waals surface area (Å²) in [5, 5.41) is 16.3. The second-order valence-electron chi connectivity index (χ2n) is 4.59. The van der Waals surface area contributed by atoms with E-state index in [0.717, 1.165) is 5.56 Å². The van der Waals surface area contributed by atoms with Crippen LogP contribution < -0.4 is 11.1 Å². The van der Waals surface area contributed by atoms with Gasteiger partial charge in [-0.15, -0.1) is 0 Å². The normalized spacial score (nSPS) is 12.2. The van der Waals surface area contributed by atoms with E-state index in [-0.39, 0.29) is 12.5 Å². The minimum absolute atomic E-state index is 0.188. The lowest BCUT2D eigenvalue weighted by Gasteiger charge is -2.17. The van der Waals surface area contributed by atoms with Crippen molar-refractivity contribution >= 4 is 11.6 Å². The highest BCUT2D eigenvalue weighted by Crippen LogP contribution is 2.17. The van der Waals surface area contributed by atoms with E-state index < -0.39 is 6.04 Å². The fraction of sp³-hybridized carbons (Fsp3) is 0.286. The Balaban J connectivity index is 2.22. The number of carbonyl (C=O) groups excluding carboxylic acids is 1. The van der Waals surface area contributed by atoms with Crippen LogP contribution in [0.3, 0.4) is 0 Å². The van der Waals surface area contributed by atoms with Crippen molar-refractivity contribution in [1.82, 2.24) is 15.1 Å². The van der Waals surface area contributed by atoms with Crippen molar-refractivity contribution in [3.63, 3.8) is 0 Å². The quantitative estimate of drug-likeness (QED) is 0.768. The maximum absolute atomic E-state index is 12.3. The molecular weight excluding hydrogens is 256 g/mol. The van der Waals surface area contributed by atoms with E-state index in [1.54, 1.807) is 14.0 Å². The summed E-state index contributed by atoms with van der Waals surface area (Å²) in [4.78, 5) is 12.3. The zero-order chi connectivity index (χ0) is 14.7. The van der Waals surface area contributed by atoms with Crippen LogP contribution in [0.15, 0.2) is 30.3 Å². The standard InChI is InChI=1S/C14H18N4O2/c1-9-12(15)13(18(2)17-9)14(20)16-11(8-19)10-6-4-3-5-7-10/h3-7,11,19H,8,15H2,1-2H3,(H,16,20)/t11-/m0/s1. The van der Waals surface area contributed by atoms with Gasteiger partial charge in [-0.2, -0.15) is 5.10 Å². The molecule has 1 heterocycles. The van der Waals surface area contributed by atoms with Gasteiger partial charge >= 0.3 is 0 Å². The predicted octanol–water partition coefficient (Wildman–Crippen LogP) is 0.774. The zero-order valence-corrected chi connectivity index (χ0v) is 11.5. The zero-order valence-electron chi connectivity index (χ0n) is 11.5. The Morgan fingerprint density at radius 1 is 1.45 bits per heavy atom. The highest BCUT2D eigenvalue weighted by atomic mass is 16.3. The number of aryl methyl sites for hydroxylation is 2. The number of rotatable bonds is 4. The van der Waals surface area contributed by atoms with Crippen molar-refractivity contribution < 1.29 is 9.90 Å². The summed E-state index contributed by atoms with van der Waals surface area (Å²) in [6.45, 7) is 1.55. The van der Waals surface area contributed by atoms with Gasteiger partial charge in [-0.1, -0.05) is 30.3 Å². The molecule has 0 saturated carbocycles. The van der Waals surface area contributed by atoms with Crippen molar-refractivity contribution in [2.45, 2.75) is 13.0 Å². The van der Waals surface area contributed by atoms with E-state index in [1.807, 2.05) is 30.3 Å². The first-order valence-corrected chi connectivity index (χ1v) is 6.30. The SMILES string of the molecule is Cc1nn(C)c(C(=O)N[C@@H](CO)c2ccccc2)c1N. The number of aliphatic hydroxyl groups excluding tert-OH is 1. The number of aliphatic hydroxyl groups is 1. The van der Waals surface area contributed by atoms with Gasteiger partial charge < -0.3 is 16.2 Å². The van der Waals surface area contributed by atoms with Gasteiger partial charge in [0.25, 0.3) is 5.91 Å². The Hall–Kier alpha value is -2.34. The number of aromatic nitrogens is 2.